The van der Waals surface area contributed by atoms with Gasteiger partial charge in [-0.3, -0.25) is 0 Å². The lowest BCUT2D eigenvalue weighted by molar-refractivity contribution is 0.0173. The molecule has 0 bridgehead atoms. The monoisotopic (exact) mass is 979 g/mol. The van der Waals surface area contributed by atoms with Crippen molar-refractivity contribution in [3.63, 3.8) is 0 Å². The number of carbonyl (C=O) groups is 2. The number of carboxylic acid groups (broad SMARTS) is 1. The summed E-state index contributed by atoms with van der Waals surface area (Å²) < 4.78 is 86.2. The summed E-state index contributed by atoms with van der Waals surface area (Å²) in [5.41, 5.74) is -0.391. The van der Waals surface area contributed by atoms with E-state index in [1.807, 2.05) is 0 Å². The van der Waals surface area contributed by atoms with Gasteiger partial charge in [-0.15, -0.1) is 10.2 Å². The Hall–Kier alpha value is -6.53. The number of aromatic nitrogens is 4. The molecule has 0 saturated carbocycles. The van der Waals surface area contributed by atoms with Gasteiger partial charge >= 0.3 is 12.2 Å². The summed E-state index contributed by atoms with van der Waals surface area (Å²) in [4.78, 5) is 25.5. The van der Waals surface area contributed by atoms with Crippen molar-refractivity contribution in [3.8, 4) is 28.6 Å². The molecule has 1 saturated heterocycles. The Morgan fingerprint density at radius 1 is 0.765 bits per heavy atom. The van der Waals surface area contributed by atoms with Crippen LogP contribution in [0.25, 0.3) is 11.4 Å². The first-order chi connectivity index (χ1) is 32.2. The number of anilines is 1. The summed E-state index contributed by atoms with van der Waals surface area (Å²) in [6.07, 6.45) is -1.98. The van der Waals surface area contributed by atoms with Gasteiger partial charge in [0.1, 0.15) is 32.6 Å². The minimum absolute atomic E-state index is 0.0553. The second kappa shape index (κ2) is 21.6. The van der Waals surface area contributed by atoms with E-state index >= 15 is 8.42 Å². The van der Waals surface area contributed by atoms with Crippen LogP contribution in [0.15, 0.2) is 94.7 Å². The molecule has 0 spiro atoms. The average Bonchev–Trinajstić information content (AvgIpc) is 3.77. The number of aliphatic hydroxyl groups is 1. The molecule has 0 aliphatic carbocycles. The van der Waals surface area contributed by atoms with Gasteiger partial charge in [-0.1, -0.05) is 36.4 Å². The Morgan fingerprint density at radius 2 is 1.29 bits per heavy atom. The molecular formula is C45H57N9O12S2. The van der Waals surface area contributed by atoms with Gasteiger partial charge in [0.2, 0.25) is 25.9 Å². The molecule has 0 atom stereocenters. The van der Waals surface area contributed by atoms with E-state index in [4.69, 9.17) is 18.9 Å². The number of benzene rings is 4. The lowest BCUT2D eigenvalue weighted by Gasteiger charge is -2.40. The molecule has 1 aliphatic heterocycles. The number of ether oxygens (including phenoxy) is 4. The van der Waals surface area contributed by atoms with E-state index in [1.165, 1.54) is 31.1 Å². The normalized spacial score (nSPS) is 14.0. The summed E-state index contributed by atoms with van der Waals surface area (Å²) >= 11 is 0. The molecule has 4 aromatic carbocycles. The topological polar surface area (TPSA) is 266 Å². The average molecular weight is 980 g/mol. The molecule has 2 heterocycles. The van der Waals surface area contributed by atoms with E-state index in [-0.39, 0.29) is 82.3 Å². The summed E-state index contributed by atoms with van der Waals surface area (Å²) in [5.74, 6) is 1.46. The van der Waals surface area contributed by atoms with Gasteiger partial charge in [0.25, 0.3) is 0 Å². The minimum atomic E-state index is -4.97. The maximum absolute atomic E-state index is 15.9. The Kier molecular flexibility index (Phi) is 16.2. The summed E-state index contributed by atoms with van der Waals surface area (Å²) in [6.45, 7) is 4.02. The number of alkyl carbamates (subject to hydrolysis) is 1. The zero-order valence-electron chi connectivity index (χ0n) is 38.6. The van der Waals surface area contributed by atoms with Gasteiger partial charge in [-0.25, -0.2) is 31.1 Å². The van der Waals surface area contributed by atoms with Crippen LogP contribution in [-0.2, 0) is 44.4 Å². The fourth-order valence-electron chi connectivity index (χ4n) is 7.35. The van der Waals surface area contributed by atoms with Crippen LogP contribution in [0.5, 0.6) is 17.2 Å². The number of hydrogen-bond donors (Lipinski definition) is 5. The number of rotatable bonds is 20. The largest absolute Gasteiger partial charge is 0.497 e. The SMILES string of the molecule is COc1ccc(CN(Cc2ccc(OC)cc2)S(=O)(=O)c2c(S(=O)(=O)NCCNC(=O)OC(C)(C)C)ccc(N3CCC(O)(CNC(=O)O)CC3)c2-c2nnn(Cc3ccc(OC)cc3)n2)cc1. The van der Waals surface area contributed by atoms with Crippen molar-refractivity contribution < 1.29 is 55.6 Å². The zero-order valence-corrected chi connectivity index (χ0v) is 40.3. The van der Waals surface area contributed by atoms with Crippen LogP contribution in [0.2, 0.25) is 0 Å². The first-order valence-corrected chi connectivity index (χ1v) is 24.4. The van der Waals surface area contributed by atoms with E-state index in [0.717, 1.165) is 9.87 Å². The number of piperidine rings is 1. The fraction of sp³-hybridized carbons (Fsp3) is 0.400. The molecule has 5 aromatic rings. The fourth-order valence-corrected chi connectivity index (χ4v) is 10.8. The highest BCUT2D eigenvalue weighted by Gasteiger charge is 2.40. The first-order valence-electron chi connectivity index (χ1n) is 21.5. The lowest BCUT2D eigenvalue weighted by Crippen LogP contribution is -2.51. The van der Waals surface area contributed by atoms with E-state index in [0.29, 0.717) is 28.4 Å². The standard InChI is InChI=1S/C45H57N9O12S2/c1-44(2,3)66-43(57)46-23-24-48-67(59,60)38-20-19-37(52-25-21-45(58,22-26-52)30-47-42(55)56)39(41-49-51-54(50-41)29-33-11-17-36(65-6)18-12-33)40(38)68(61,62)53(27-31-7-13-34(63-4)14-8-31)28-32-9-15-35(64-5)16-10-32/h7-20,47-48,58H,21-30H2,1-6H3,(H,46,57)(H,55,56). The molecule has 6 rings (SSSR count). The molecule has 366 valence electrons. The summed E-state index contributed by atoms with van der Waals surface area (Å²) in [6, 6.07) is 23.2. The number of amides is 2. The van der Waals surface area contributed by atoms with Gasteiger partial charge in [0.15, 0.2) is 0 Å². The van der Waals surface area contributed by atoms with E-state index in [1.54, 1.807) is 106 Å². The number of sulfonamides is 2. The molecule has 1 aromatic heterocycles. The van der Waals surface area contributed by atoms with E-state index in [9.17, 15) is 28.2 Å². The van der Waals surface area contributed by atoms with Crippen LogP contribution in [0.3, 0.4) is 0 Å². The zero-order chi connectivity index (χ0) is 49.3. The Morgan fingerprint density at radius 3 is 1.79 bits per heavy atom. The molecule has 0 radical (unpaired) electrons. The first kappa shape index (κ1) is 50.9. The summed E-state index contributed by atoms with van der Waals surface area (Å²) in [5, 5.41) is 38.7. The van der Waals surface area contributed by atoms with Crippen LogP contribution in [0, 0.1) is 0 Å². The van der Waals surface area contributed by atoms with E-state index < -0.39 is 53.2 Å². The molecule has 2 amide bonds. The van der Waals surface area contributed by atoms with Crippen LogP contribution in [-0.4, -0.2) is 129 Å². The van der Waals surface area contributed by atoms with Crippen LogP contribution in [0.1, 0.15) is 50.3 Å². The third-order valence-corrected chi connectivity index (χ3v) is 14.4. The Labute approximate surface area is 395 Å². The predicted molar refractivity (Wildman–Crippen MR) is 250 cm³/mol. The molecule has 5 N–H and O–H groups in total. The van der Waals surface area contributed by atoms with Crippen molar-refractivity contribution in [2.45, 2.75) is 74.2 Å². The van der Waals surface area contributed by atoms with Crippen molar-refractivity contribution >= 4 is 37.9 Å². The lowest BCUT2D eigenvalue weighted by atomic mass is 9.90. The third kappa shape index (κ3) is 13.1. The second-order valence-corrected chi connectivity index (χ2v) is 20.6. The van der Waals surface area contributed by atoms with Gasteiger partial charge in [0.05, 0.1) is 39.0 Å². The highest BCUT2D eigenvalue weighted by atomic mass is 32.2. The molecule has 21 nitrogen and oxygen atoms in total. The molecule has 1 fully saturated rings. The number of methoxy groups -OCH3 is 3. The smallest absolute Gasteiger partial charge is 0.407 e. The summed E-state index contributed by atoms with van der Waals surface area (Å²) in [7, 11) is -5.18. The van der Waals surface area contributed by atoms with Gasteiger partial charge < -0.3 is 44.7 Å². The van der Waals surface area contributed by atoms with Crippen molar-refractivity contribution in [3.05, 3.63) is 102 Å². The quantitative estimate of drug-likeness (QED) is 0.0684. The number of tetrazole rings is 1. The van der Waals surface area contributed by atoms with Crippen molar-refractivity contribution in [1.82, 2.24) is 39.9 Å². The number of hydrogen-bond acceptors (Lipinski definition) is 15. The molecule has 23 heteroatoms. The van der Waals surface area contributed by atoms with E-state index in [2.05, 4.69) is 30.8 Å². The third-order valence-electron chi connectivity index (χ3n) is 10.9. The van der Waals surface area contributed by atoms with Crippen LogP contribution < -0.4 is 34.5 Å². The van der Waals surface area contributed by atoms with Gasteiger partial charge in [-0.05, 0) is 104 Å². The Balaban J connectivity index is 1.54. The highest BCUT2D eigenvalue weighted by Crippen LogP contribution is 2.42. The molecule has 0 unspecified atom stereocenters. The van der Waals surface area contributed by atoms with Gasteiger partial charge in [-0.2, -0.15) is 9.10 Å². The van der Waals surface area contributed by atoms with Gasteiger partial charge in [0, 0.05) is 51.5 Å². The van der Waals surface area contributed by atoms with Crippen LogP contribution >= 0.6 is 0 Å². The van der Waals surface area contributed by atoms with Crippen molar-refractivity contribution in [2.75, 3.05) is 59.0 Å². The number of nitrogens with zero attached hydrogens (tertiary/aromatic N) is 6. The van der Waals surface area contributed by atoms with Crippen LogP contribution in [0.4, 0.5) is 15.3 Å². The molecule has 1 aliphatic rings. The number of nitrogens with one attached hydrogen (secondary N) is 3. The number of carbonyl (C=O) groups excluding carboxylic acids is 1. The van der Waals surface area contributed by atoms with Crippen molar-refractivity contribution in [2.24, 2.45) is 0 Å². The maximum Gasteiger partial charge on any atom is 0.407 e. The molecular weight excluding hydrogens is 923 g/mol. The van der Waals surface area contributed by atoms with Crippen molar-refractivity contribution in [1.29, 1.82) is 0 Å². The predicted octanol–water partition coefficient (Wildman–Crippen LogP) is 4.21. The second-order valence-electron chi connectivity index (χ2n) is 16.9. The minimum Gasteiger partial charge on any atom is -0.497 e. The Bertz CT molecular complexity index is 2690. The molecule has 68 heavy (non-hydrogen) atoms. The highest BCUT2D eigenvalue weighted by molar-refractivity contribution is 7.92. The maximum atomic E-state index is 15.9.